The number of nitrogens with zero attached hydrogens (tertiary/aromatic N) is 2. The van der Waals surface area contributed by atoms with Crippen molar-refractivity contribution in [3.63, 3.8) is 0 Å². The van der Waals surface area contributed by atoms with Crippen LogP contribution in [0.1, 0.15) is 15.9 Å². The van der Waals surface area contributed by atoms with E-state index >= 15 is 0 Å². The van der Waals surface area contributed by atoms with Crippen LogP contribution in [0.4, 0.5) is 5.69 Å². The number of carbonyl (C=O) groups excluding carboxylic acids is 1. The predicted molar refractivity (Wildman–Crippen MR) is 144 cm³/mol. The summed E-state index contributed by atoms with van der Waals surface area (Å²) in [5.41, 5.74) is 2.13. The Balaban J connectivity index is 1.56. The Bertz CT molecular complexity index is 1710. The number of halogens is 1. The minimum absolute atomic E-state index is 0.0279. The van der Waals surface area contributed by atoms with Crippen molar-refractivity contribution in [1.29, 1.82) is 0 Å². The number of pyridine rings is 1. The molecule has 0 amide bonds. The van der Waals surface area contributed by atoms with Crippen LogP contribution in [0.2, 0.25) is 9.73 Å². The molecule has 9 nitrogen and oxygen atoms in total. The number of nitro benzene ring substituents is 1. The van der Waals surface area contributed by atoms with E-state index in [1.807, 2.05) is 0 Å². The van der Waals surface area contributed by atoms with Gasteiger partial charge in [0.1, 0.15) is 0 Å². The van der Waals surface area contributed by atoms with Crippen LogP contribution in [0, 0.1) is 10.1 Å². The number of sulfone groups is 1. The van der Waals surface area contributed by atoms with Crippen LogP contribution in [-0.2, 0) is 21.1 Å². The summed E-state index contributed by atoms with van der Waals surface area (Å²) >= 11 is 4.77. The van der Waals surface area contributed by atoms with Gasteiger partial charge < -0.3 is 0 Å². The van der Waals surface area contributed by atoms with Gasteiger partial charge in [-0.15, -0.1) is 0 Å². The number of nitro groups is 1. The zero-order valence-corrected chi connectivity index (χ0v) is 23.2. The van der Waals surface area contributed by atoms with Crippen LogP contribution in [0.15, 0.2) is 77.7 Å². The monoisotopic (exact) mass is 613 g/mol. The molecule has 1 aromatic heterocycles. The average Bonchev–Trinajstić information content (AvgIpc) is 2.87. The van der Waals surface area contributed by atoms with Crippen LogP contribution in [-0.4, -0.2) is 56.0 Å². The molecule has 1 atom stereocenters. The van der Waals surface area contributed by atoms with E-state index in [0.717, 1.165) is 11.6 Å². The van der Waals surface area contributed by atoms with Crippen molar-refractivity contribution in [2.75, 3.05) is 6.26 Å². The molecule has 1 radical (unpaired) electrons. The third-order valence-corrected chi connectivity index (χ3v) is 9.64. The van der Waals surface area contributed by atoms with Crippen molar-refractivity contribution in [1.82, 2.24) is 4.98 Å². The first-order chi connectivity index (χ1) is 17.9. The third kappa shape index (κ3) is 6.10. The third-order valence-electron chi connectivity index (χ3n) is 5.72. The molecule has 0 aliphatic carbocycles. The number of carboxylic acids is 1. The van der Waals surface area contributed by atoms with E-state index in [1.165, 1.54) is 24.3 Å². The van der Waals surface area contributed by atoms with Gasteiger partial charge in [-0.2, -0.15) is 0 Å². The zero-order valence-electron chi connectivity index (χ0n) is 19.7. The second-order valence-electron chi connectivity index (χ2n) is 8.40. The summed E-state index contributed by atoms with van der Waals surface area (Å²) < 4.78 is 22.1. The molecular formula is C26H19AsClN2O7S. The standard InChI is InChI=1S/C26H19AsClN2O7S/c1-38(36,37)17-8-9-18(21(28)14-17)25(31)27-20(26(32)33)13-15-6-10-22-16(12-15)7-11-23(29-22)19-4-2-3-5-24(19)30(34)35/h2-12,14,20H,13H2,1H3,(H,32,33)/t20-/m0/s1. The van der Waals surface area contributed by atoms with Gasteiger partial charge in [-0.25, -0.2) is 0 Å². The van der Waals surface area contributed by atoms with Crippen molar-refractivity contribution >= 4 is 64.3 Å². The Morgan fingerprint density at radius 3 is 2.47 bits per heavy atom. The molecule has 0 aliphatic rings. The molecule has 12 heteroatoms. The average molecular weight is 614 g/mol. The fourth-order valence-corrected chi connectivity index (χ4v) is 7.11. The quantitative estimate of drug-likeness (QED) is 0.161. The number of para-hydroxylation sites is 1. The maximum atomic E-state index is 12.9. The summed E-state index contributed by atoms with van der Waals surface area (Å²) in [5.74, 6) is -1.12. The number of aromatic nitrogens is 1. The van der Waals surface area contributed by atoms with E-state index in [2.05, 4.69) is 4.98 Å². The summed E-state index contributed by atoms with van der Waals surface area (Å²) in [6, 6.07) is 18.7. The van der Waals surface area contributed by atoms with Gasteiger partial charge in [0.25, 0.3) is 0 Å². The molecular weight excluding hydrogens is 595 g/mol. The number of benzene rings is 3. The molecule has 3 aromatic carbocycles. The van der Waals surface area contributed by atoms with Crippen molar-refractivity contribution in [2.45, 2.75) is 16.0 Å². The summed E-state index contributed by atoms with van der Waals surface area (Å²) in [6.45, 7) is 0. The Kier molecular flexibility index (Phi) is 7.96. The number of hydrogen-bond donors (Lipinski definition) is 1. The van der Waals surface area contributed by atoms with E-state index in [1.54, 1.807) is 48.5 Å². The first-order valence-corrected chi connectivity index (χ1v) is 15.3. The van der Waals surface area contributed by atoms with Gasteiger partial charge in [0.15, 0.2) is 0 Å². The SMILES string of the molecule is CS(=O)(=O)c1ccc(C(=O)[As][C@@H](Cc2ccc3nc(-c4ccccc4[N+](=O)[O-])ccc3c2)C(=O)O)c(Cl)c1. The summed E-state index contributed by atoms with van der Waals surface area (Å²) in [4.78, 5) is 40.3. The van der Waals surface area contributed by atoms with Crippen LogP contribution in [0.3, 0.4) is 0 Å². The summed E-state index contributed by atoms with van der Waals surface area (Å²) in [7, 11) is -3.50. The van der Waals surface area contributed by atoms with E-state index in [-0.39, 0.29) is 27.6 Å². The molecule has 0 fully saturated rings. The van der Waals surface area contributed by atoms with Gasteiger partial charge in [-0.1, -0.05) is 0 Å². The second-order valence-corrected chi connectivity index (χ2v) is 13.5. The zero-order chi connectivity index (χ0) is 27.6. The van der Waals surface area contributed by atoms with Gasteiger partial charge >= 0.3 is 230 Å². The molecule has 4 aromatic rings. The van der Waals surface area contributed by atoms with E-state index in [0.29, 0.717) is 22.3 Å². The molecule has 0 aliphatic heterocycles. The van der Waals surface area contributed by atoms with Crippen molar-refractivity contribution in [3.05, 3.63) is 99.1 Å². The van der Waals surface area contributed by atoms with Crippen LogP contribution in [0.25, 0.3) is 22.2 Å². The number of carbonyl (C=O) groups is 2. The topological polar surface area (TPSA) is 145 Å². The summed E-state index contributed by atoms with van der Waals surface area (Å²) in [5, 5.41) is 21.8. The second kappa shape index (κ2) is 11.0. The number of aliphatic carboxylic acids is 1. The Labute approximate surface area is 229 Å². The minimum atomic E-state index is -3.50. The van der Waals surface area contributed by atoms with Gasteiger partial charge in [0, 0.05) is 0 Å². The van der Waals surface area contributed by atoms with Gasteiger partial charge in [-0.3, -0.25) is 0 Å². The number of rotatable bonds is 9. The van der Waals surface area contributed by atoms with Crippen LogP contribution >= 0.6 is 11.6 Å². The maximum absolute atomic E-state index is 12.9. The van der Waals surface area contributed by atoms with E-state index in [9.17, 15) is 33.2 Å². The summed E-state index contributed by atoms with van der Waals surface area (Å²) in [6.07, 6.45) is 1.12. The normalized spacial score (nSPS) is 12.6. The van der Waals surface area contributed by atoms with Crippen molar-refractivity contribution < 1.29 is 28.0 Å². The van der Waals surface area contributed by atoms with Crippen LogP contribution < -0.4 is 0 Å². The molecule has 0 bridgehead atoms. The Morgan fingerprint density at radius 2 is 1.82 bits per heavy atom. The van der Waals surface area contributed by atoms with E-state index < -0.39 is 45.8 Å². The molecule has 1 heterocycles. The molecule has 0 unspecified atom stereocenters. The van der Waals surface area contributed by atoms with Gasteiger partial charge in [0.2, 0.25) is 0 Å². The first-order valence-electron chi connectivity index (χ1n) is 11.0. The van der Waals surface area contributed by atoms with E-state index in [4.69, 9.17) is 11.6 Å². The number of carboxylic acid groups (broad SMARTS) is 1. The molecule has 0 spiro atoms. The Hall–Kier alpha value is -3.59. The van der Waals surface area contributed by atoms with Crippen molar-refractivity contribution in [2.24, 2.45) is 0 Å². The molecule has 38 heavy (non-hydrogen) atoms. The molecule has 193 valence electrons. The molecule has 0 saturated carbocycles. The predicted octanol–water partition coefficient (Wildman–Crippen LogP) is 4.83. The molecule has 1 N–H and O–H groups in total. The first kappa shape index (κ1) is 27.4. The fraction of sp³-hybridized carbons (Fsp3) is 0.115. The van der Waals surface area contributed by atoms with Crippen molar-refractivity contribution in [3.8, 4) is 11.3 Å². The Morgan fingerprint density at radius 1 is 1.08 bits per heavy atom. The number of fused-ring (bicyclic) bond motifs is 1. The van der Waals surface area contributed by atoms with Gasteiger partial charge in [0.05, 0.1) is 0 Å². The molecule has 0 saturated heterocycles. The van der Waals surface area contributed by atoms with Crippen LogP contribution in [0.5, 0.6) is 0 Å². The number of hydrogen-bond acceptors (Lipinski definition) is 7. The molecule has 4 rings (SSSR count). The fourth-order valence-electron chi connectivity index (χ4n) is 3.82. The van der Waals surface area contributed by atoms with Gasteiger partial charge in [-0.05, 0) is 0 Å².